The van der Waals surface area contributed by atoms with E-state index in [1.54, 1.807) is 37.4 Å². The van der Waals surface area contributed by atoms with E-state index in [9.17, 15) is 8.42 Å². The molecule has 0 aliphatic carbocycles. The molecular weight excluding hydrogens is 286 g/mol. The summed E-state index contributed by atoms with van der Waals surface area (Å²) in [6.45, 7) is 1.95. The molecule has 0 bridgehead atoms. The Labute approximate surface area is 125 Å². The van der Waals surface area contributed by atoms with Gasteiger partial charge in [0, 0.05) is 6.04 Å². The van der Waals surface area contributed by atoms with Crippen molar-refractivity contribution in [3.05, 3.63) is 60.2 Å². The number of ether oxygens (including phenoxy) is 1. The van der Waals surface area contributed by atoms with Gasteiger partial charge in [0.15, 0.2) is 0 Å². The monoisotopic (exact) mass is 305 g/mol. The molecule has 0 saturated heterocycles. The molecule has 1 atom stereocenters. The smallest absolute Gasteiger partial charge is 0.241 e. The molecule has 2 aromatic rings. The zero-order chi connectivity index (χ0) is 15.3. The lowest BCUT2D eigenvalue weighted by Crippen LogP contribution is -2.28. The summed E-state index contributed by atoms with van der Waals surface area (Å²) < 4.78 is 32.6. The first-order valence-corrected chi connectivity index (χ1v) is 8.26. The number of nitrogens with one attached hydrogen (secondary N) is 1. The van der Waals surface area contributed by atoms with Crippen LogP contribution < -0.4 is 9.46 Å². The second-order valence-electron chi connectivity index (χ2n) is 4.67. The lowest BCUT2D eigenvalue weighted by Gasteiger charge is -2.18. The number of hydrogen-bond donors (Lipinski definition) is 1. The average molecular weight is 305 g/mol. The van der Waals surface area contributed by atoms with Crippen LogP contribution in [0.15, 0.2) is 59.5 Å². The highest BCUT2D eigenvalue weighted by Gasteiger charge is 2.19. The van der Waals surface area contributed by atoms with Gasteiger partial charge in [0.05, 0.1) is 12.0 Å². The molecule has 0 saturated carbocycles. The number of benzene rings is 2. The standard InChI is InChI=1S/C16H19NO3S/c1-3-16(13-9-11-14(20-2)12-10-13)17-21(18,19)15-7-5-4-6-8-15/h4-12,16-17H,3H2,1-2H3. The Morgan fingerprint density at radius 1 is 1.05 bits per heavy atom. The van der Waals surface area contributed by atoms with Gasteiger partial charge in [0.25, 0.3) is 0 Å². The van der Waals surface area contributed by atoms with E-state index < -0.39 is 10.0 Å². The molecule has 5 heteroatoms. The van der Waals surface area contributed by atoms with Crippen molar-refractivity contribution < 1.29 is 13.2 Å². The average Bonchev–Trinajstić information content (AvgIpc) is 2.53. The van der Waals surface area contributed by atoms with Crippen LogP contribution in [0.1, 0.15) is 24.9 Å². The van der Waals surface area contributed by atoms with Crippen molar-refractivity contribution >= 4 is 10.0 Å². The van der Waals surface area contributed by atoms with Gasteiger partial charge in [-0.3, -0.25) is 0 Å². The molecule has 0 radical (unpaired) electrons. The molecular formula is C16H19NO3S. The minimum absolute atomic E-state index is 0.263. The largest absolute Gasteiger partial charge is 0.497 e. The van der Waals surface area contributed by atoms with Gasteiger partial charge < -0.3 is 4.74 Å². The minimum atomic E-state index is -3.52. The fourth-order valence-corrected chi connectivity index (χ4v) is 3.41. The molecule has 0 heterocycles. The summed E-state index contributed by atoms with van der Waals surface area (Å²) in [7, 11) is -1.92. The fourth-order valence-electron chi connectivity index (χ4n) is 2.08. The molecule has 112 valence electrons. The summed E-state index contributed by atoms with van der Waals surface area (Å²) in [5.41, 5.74) is 0.915. The van der Waals surface area contributed by atoms with Gasteiger partial charge in [0.1, 0.15) is 5.75 Å². The Morgan fingerprint density at radius 3 is 2.19 bits per heavy atom. The van der Waals surface area contributed by atoms with E-state index >= 15 is 0 Å². The topological polar surface area (TPSA) is 55.4 Å². The van der Waals surface area contributed by atoms with Crippen molar-refractivity contribution in [3.63, 3.8) is 0 Å². The number of methoxy groups -OCH3 is 1. The van der Waals surface area contributed by atoms with Crippen molar-refractivity contribution in [2.75, 3.05) is 7.11 Å². The predicted octanol–water partition coefficient (Wildman–Crippen LogP) is 3.12. The highest BCUT2D eigenvalue weighted by molar-refractivity contribution is 7.89. The third-order valence-electron chi connectivity index (χ3n) is 3.28. The second kappa shape index (κ2) is 6.74. The van der Waals surface area contributed by atoms with Crippen molar-refractivity contribution in [1.29, 1.82) is 0 Å². The summed E-state index contributed by atoms with van der Waals surface area (Å²) in [6, 6.07) is 15.5. The molecule has 2 rings (SSSR count). The fraction of sp³-hybridized carbons (Fsp3) is 0.250. The Balaban J connectivity index is 2.22. The first-order valence-electron chi connectivity index (χ1n) is 6.78. The maximum absolute atomic E-state index is 12.4. The van der Waals surface area contributed by atoms with Gasteiger partial charge in [-0.05, 0) is 36.2 Å². The summed E-state index contributed by atoms with van der Waals surface area (Å²) in [5.74, 6) is 0.750. The Hall–Kier alpha value is -1.85. The Kier molecular flexibility index (Phi) is 4.98. The van der Waals surface area contributed by atoms with E-state index in [1.807, 2.05) is 31.2 Å². The molecule has 0 spiro atoms. The molecule has 1 N–H and O–H groups in total. The third kappa shape index (κ3) is 3.83. The van der Waals surface area contributed by atoms with Crippen LogP contribution in [0.25, 0.3) is 0 Å². The molecule has 2 aromatic carbocycles. The summed E-state index contributed by atoms with van der Waals surface area (Å²) >= 11 is 0. The zero-order valence-corrected chi connectivity index (χ0v) is 12.9. The van der Waals surface area contributed by atoms with Crippen molar-refractivity contribution in [1.82, 2.24) is 4.72 Å². The highest BCUT2D eigenvalue weighted by Crippen LogP contribution is 2.22. The van der Waals surface area contributed by atoms with Crippen LogP contribution >= 0.6 is 0 Å². The van der Waals surface area contributed by atoms with Crippen LogP contribution in [0.4, 0.5) is 0 Å². The number of hydrogen-bond acceptors (Lipinski definition) is 3. The van der Waals surface area contributed by atoms with Crippen molar-refractivity contribution in [2.45, 2.75) is 24.3 Å². The van der Waals surface area contributed by atoms with Crippen LogP contribution in [0.5, 0.6) is 5.75 Å². The molecule has 1 unspecified atom stereocenters. The molecule has 0 amide bonds. The molecule has 0 fully saturated rings. The van der Waals surface area contributed by atoms with Gasteiger partial charge in [-0.25, -0.2) is 13.1 Å². The first-order chi connectivity index (χ1) is 10.1. The SMILES string of the molecule is CCC(NS(=O)(=O)c1ccccc1)c1ccc(OC)cc1. The summed E-state index contributed by atoms with van der Waals surface area (Å²) in [6.07, 6.45) is 0.665. The normalized spacial score (nSPS) is 12.9. The zero-order valence-electron chi connectivity index (χ0n) is 12.1. The molecule has 21 heavy (non-hydrogen) atoms. The Bertz CT molecular complexity index is 666. The van der Waals surface area contributed by atoms with E-state index in [0.29, 0.717) is 6.42 Å². The van der Waals surface area contributed by atoms with Crippen molar-refractivity contribution in [3.8, 4) is 5.75 Å². The predicted molar refractivity (Wildman–Crippen MR) is 82.8 cm³/mol. The van der Waals surface area contributed by atoms with E-state index in [2.05, 4.69) is 4.72 Å². The maximum atomic E-state index is 12.4. The molecule has 0 aliphatic heterocycles. The number of sulfonamides is 1. The highest BCUT2D eigenvalue weighted by atomic mass is 32.2. The van der Waals surface area contributed by atoms with Crippen LogP contribution in [0, 0.1) is 0 Å². The van der Waals surface area contributed by atoms with Gasteiger partial charge in [-0.1, -0.05) is 37.3 Å². The van der Waals surface area contributed by atoms with Crippen LogP contribution in [0.2, 0.25) is 0 Å². The van der Waals surface area contributed by atoms with Gasteiger partial charge in [-0.2, -0.15) is 0 Å². The van der Waals surface area contributed by atoms with Crippen molar-refractivity contribution in [2.24, 2.45) is 0 Å². The van der Waals surface area contributed by atoms with Gasteiger partial charge in [-0.15, -0.1) is 0 Å². The van der Waals surface area contributed by atoms with E-state index in [4.69, 9.17) is 4.74 Å². The third-order valence-corrected chi connectivity index (χ3v) is 4.76. The maximum Gasteiger partial charge on any atom is 0.241 e. The molecule has 4 nitrogen and oxygen atoms in total. The van der Waals surface area contributed by atoms with E-state index in [1.165, 1.54) is 0 Å². The molecule has 0 aliphatic rings. The van der Waals surface area contributed by atoms with Crippen LogP contribution in [0.3, 0.4) is 0 Å². The van der Waals surface area contributed by atoms with Gasteiger partial charge in [0.2, 0.25) is 10.0 Å². The van der Waals surface area contributed by atoms with Gasteiger partial charge >= 0.3 is 0 Å². The number of rotatable bonds is 6. The lowest BCUT2D eigenvalue weighted by molar-refractivity contribution is 0.414. The van der Waals surface area contributed by atoms with Crippen LogP contribution in [-0.2, 0) is 10.0 Å². The Morgan fingerprint density at radius 2 is 1.67 bits per heavy atom. The van der Waals surface area contributed by atoms with Crippen LogP contribution in [-0.4, -0.2) is 15.5 Å². The first kappa shape index (κ1) is 15.5. The lowest BCUT2D eigenvalue weighted by atomic mass is 10.1. The second-order valence-corrected chi connectivity index (χ2v) is 6.38. The van der Waals surface area contributed by atoms with E-state index in [0.717, 1.165) is 11.3 Å². The summed E-state index contributed by atoms with van der Waals surface area (Å²) in [5, 5.41) is 0. The minimum Gasteiger partial charge on any atom is -0.497 e. The quantitative estimate of drug-likeness (QED) is 0.892. The van der Waals surface area contributed by atoms with E-state index in [-0.39, 0.29) is 10.9 Å². The summed E-state index contributed by atoms with van der Waals surface area (Å²) in [4.78, 5) is 0.275. The molecule has 0 aromatic heterocycles.